The number of anilines is 1. The van der Waals surface area contributed by atoms with Crippen LogP contribution in [-0.2, 0) is 25.7 Å². The van der Waals surface area contributed by atoms with Crippen LogP contribution in [0, 0.1) is 0 Å². The molecule has 10 heteroatoms. The maximum absolute atomic E-state index is 15.0. The molecule has 0 saturated carbocycles. The Bertz CT molecular complexity index is 1150. The Labute approximate surface area is 174 Å². The number of benzene rings is 2. The summed E-state index contributed by atoms with van der Waals surface area (Å²) in [6.45, 7) is 1.03. The minimum absolute atomic E-state index is 0.0438. The van der Waals surface area contributed by atoms with Crippen molar-refractivity contribution in [1.82, 2.24) is 14.8 Å². The van der Waals surface area contributed by atoms with Crippen LogP contribution in [0.2, 0.25) is 0 Å². The van der Waals surface area contributed by atoms with Gasteiger partial charge in [-0.1, -0.05) is 25.1 Å². The molecule has 1 atom stereocenters. The van der Waals surface area contributed by atoms with E-state index in [0.29, 0.717) is 0 Å². The molecule has 1 aromatic heterocycles. The first kappa shape index (κ1) is 21.0. The zero-order chi connectivity index (χ0) is 22.6. The Kier molecular flexibility index (Phi) is 4.83. The Balaban J connectivity index is 1.68. The van der Waals surface area contributed by atoms with Gasteiger partial charge in [0.05, 0.1) is 18.0 Å². The van der Waals surface area contributed by atoms with Gasteiger partial charge in [-0.05, 0) is 35.4 Å². The highest BCUT2D eigenvalue weighted by Gasteiger charge is 2.44. The maximum atomic E-state index is 15.0. The lowest BCUT2D eigenvalue weighted by atomic mass is 9.93. The van der Waals surface area contributed by atoms with Gasteiger partial charge in [-0.2, -0.15) is 22.0 Å². The average Bonchev–Trinajstić information content (AvgIpc) is 3.30. The average molecular weight is 436 g/mol. The fraction of sp³-hybridized carbons (Fsp3) is 0.286. The van der Waals surface area contributed by atoms with Crippen LogP contribution in [0.15, 0.2) is 48.8 Å². The summed E-state index contributed by atoms with van der Waals surface area (Å²) >= 11 is 0. The van der Waals surface area contributed by atoms with E-state index in [4.69, 9.17) is 0 Å². The number of rotatable bonds is 4. The molecule has 3 aromatic rings. The zero-order valence-corrected chi connectivity index (χ0v) is 16.5. The van der Waals surface area contributed by atoms with Crippen molar-refractivity contribution in [1.29, 1.82) is 0 Å². The number of nitrogens with zero attached hydrogens (tertiary/aromatic N) is 4. The number of carbonyl (C=O) groups excluding carboxylic acids is 1. The van der Waals surface area contributed by atoms with Gasteiger partial charge in [0.15, 0.2) is 0 Å². The molecule has 0 radical (unpaired) electrons. The first-order chi connectivity index (χ1) is 14.5. The molecule has 4 rings (SSSR count). The molecule has 5 nitrogen and oxygen atoms in total. The quantitative estimate of drug-likeness (QED) is 0.548. The van der Waals surface area contributed by atoms with E-state index < -0.39 is 35.3 Å². The van der Waals surface area contributed by atoms with Crippen molar-refractivity contribution >= 4 is 11.6 Å². The topological polar surface area (TPSA) is 51.0 Å². The fourth-order valence-corrected chi connectivity index (χ4v) is 3.76. The third-order valence-corrected chi connectivity index (χ3v) is 5.51. The van der Waals surface area contributed by atoms with E-state index in [1.54, 1.807) is 0 Å². The number of hydrogen-bond donors (Lipinski definition) is 0. The molecule has 0 bridgehead atoms. The van der Waals surface area contributed by atoms with Gasteiger partial charge in [0.25, 0.3) is 5.91 Å². The van der Waals surface area contributed by atoms with Crippen LogP contribution in [-0.4, -0.2) is 20.7 Å². The lowest BCUT2D eigenvalue weighted by Gasteiger charge is -2.24. The second-order valence-electron chi connectivity index (χ2n) is 7.43. The summed E-state index contributed by atoms with van der Waals surface area (Å²) in [6.07, 6.45) is -3.43. The normalized spacial score (nSPS) is 15.3. The number of hydrogen-bond acceptors (Lipinski definition) is 3. The summed E-state index contributed by atoms with van der Waals surface area (Å²) < 4.78 is 71.1. The summed E-state index contributed by atoms with van der Waals surface area (Å²) in [5.74, 6) is -5.79. The molecule has 0 spiro atoms. The summed E-state index contributed by atoms with van der Waals surface area (Å²) in [5, 5.41) is 6.99. The smallest absolute Gasteiger partial charge is 0.316 e. The number of aromatic nitrogens is 3. The van der Waals surface area contributed by atoms with Crippen molar-refractivity contribution in [3.05, 3.63) is 76.9 Å². The molecular weight excluding hydrogens is 419 g/mol. The minimum atomic E-state index is -4.60. The number of carbonyl (C=O) groups is 1. The zero-order valence-electron chi connectivity index (χ0n) is 16.5. The largest absolute Gasteiger partial charge is 0.416 e. The Morgan fingerprint density at radius 3 is 2.42 bits per heavy atom. The Morgan fingerprint density at radius 1 is 1.06 bits per heavy atom. The van der Waals surface area contributed by atoms with Gasteiger partial charge in [-0.3, -0.25) is 4.79 Å². The van der Waals surface area contributed by atoms with E-state index >= 15 is 0 Å². The van der Waals surface area contributed by atoms with Gasteiger partial charge in [0.2, 0.25) is 5.82 Å². The highest BCUT2D eigenvalue weighted by Crippen LogP contribution is 2.43. The van der Waals surface area contributed by atoms with Crippen LogP contribution < -0.4 is 4.90 Å². The van der Waals surface area contributed by atoms with E-state index in [1.807, 2.05) is 0 Å². The van der Waals surface area contributed by atoms with E-state index in [-0.39, 0.29) is 28.9 Å². The molecule has 2 aromatic carbocycles. The molecule has 1 aliphatic rings. The second kappa shape index (κ2) is 7.14. The van der Waals surface area contributed by atoms with E-state index in [1.165, 1.54) is 56.7 Å². The highest BCUT2D eigenvalue weighted by atomic mass is 19.4. The number of fused-ring (bicyclic) bond motifs is 1. The first-order valence-corrected chi connectivity index (χ1v) is 9.35. The SMILES string of the molecule is CC(c1cccc(N2Cc3c(cccc3C(F)(F)F)C2=O)c1)C(F)(F)c1nncn1C. The van der Waals surface area contributed by atoms with Gasteiger partial charge >= 0.3 is 12.1 Å². The van der Waals surface area contributed by atoms with Crippen LogP contribution in [0.3, 0.4) is 0 Å². The minimum Gasteiger partial charge on any atom is -0.316 e. The van der Waals surface area contributed by atoms with Crippen LogP contribution in [0.25, 0.3) is 0 Å². The van der Waals surface area contributed by atoms with Crippen LogP contribution >= 0.6 is 0 Å². The van der Waals surface area contributed by atoms with Crippen molar-refractivity contribution < 1.29 is 26.7 Å². The maximum Gasteiger partial charge on any atom is 0.416 e. The van der Waals surface area contributed by atoms with Crippen LogP contribution in [0.1, 0.15) is 45.7 Å². The number of alkyl halides is 5. The molecule has 0 N–H and O–H groups in total. The van der Waals surface area contributed by atoms with E-state index in [0.717, 1.165) is 15.5 Å². The second-order valence-corrected chi connectivity index (χ2v) is 7.43. The molecule has 1 amide bonds. The van der Waals surface area contributed by atoms with Crippen LogP contribution in [0.5, 0.6) is 0 Å². The monoisotopic (exact) mass is 436 g/mol. The van der Waals surface area contributed by atoms with Crippen molar-refractivity contribution in [3.63, 3.8) is 0 Å². The highest BCUT2D eigenvalue weighted by molar-refractivity contribution is 6.10. The first-order valence-electron chi connectivity index (χ1n) is 9.35. The third kappa shape index (κ3) is 3.45. The van der Waals surface area contributed by atoms with Crippen LogP contribution in [0.4, 0.5) is 27.6 Å². The van der Waals surface area contributed by atoms with Crippen molar-refractivity contribution in [2.24, 2.45) is 7.05 Å². The third-order valence-electron chi connectivity index (χ3n) is 5.51. The van der Waals surface area contributed by atoms with Gasteiger partial charge in [-0.15, -0.1) is 10.2 Å². The van der Waals surface area contributed by atoms with Crippen molar-refractivity contribution in [2.45, 2.75) is 31.5 Å². The molecule has 1 unspecified atom stereocenters. The summed E-state index contributed by atoms with van der Waals surface area (Å²) in [6, 6.07) is 9.32. The predicted octanol–water partition coefficient (Wildman–Crippen LogP) is 4.89. The molecule has 31 heavy (non-hydrogen) atoms. The van der Waals surface area contributed by atoms with Gasteiger partial charge in [0.1, 0.15) is 6.33 Å². The standard InChI is InChI=1S/C21H17F5N4O/c1-12(20(22,23)19-28-27-11-29(19)2)13-5-3-6-14(9-13)30-10-16-15(18(30)31)7-4-8-17(16)21(24,25)26/h3-9,11-12H,10H2,1-2H3. The van der Waals surface area contributed by atoms with Gasteiger partial charge in [-0.25, -0.2) is 0 Å². The van der Waals surface area contributed by atoms with E-state index in [2.05, 4.69) is 10.2 Å². The molecule has 0 fully saturated rings. The molecule has 1 aliphatic heterocycles. The van der Waals surface area contributed by atoms with Gasteiger partial charge < -0.3 is 9.47 Å². The summed E-state index contributed by atoms with van der Waals surface area (Å²) in [7, 11) is 1.41. The number of amides is 1. The van der Waals surface area contributed by atoms with Crippen molar-refractivity contribution in [2.75, 3.05) is 4.90 Å². The number of aryl methyl sites for hydroxylation is 1. The lowest BCUT2D eigenvalue weighted by molar-refractivity contribution is -0.138. The summed E-state index contributed by atoms with van der Waals surface area (Å²) in [4.78, 5) is 13.9. The molecule has 0 saturated heterocycles. The Morgan fingerprint density at radius 2 is 1.77 bits per heavy atom. The fourth-order valence-electron chi connectivity index (χ4n) is 3.76. The van der Waals surface area contributed by atoms with Gasteiger partial charge in [0, 0.05) is 18.3 Å². The molecule has 162 valence electrons. The molecular formula is C21H17F5N4O. The molecule has 2 heterocycles. The lowest BCUT2D eigenvalue weighted by Crippen LogP contribution is -2.26. The summed E-state index contributed by atoms with van der Waals surface area (Å²) in [5.41, 5.74) is -0.586. The predicted molar refractivity (Wildman–Crippen MR) is 102 cm³/mol. The van der Waals surface area contributed by atoms with Crippen molar-refractivity contribution in [3.8, 4) is 0 Å². The molecule has 0 aliphatic carbocycles. The number of halogens is 5. The Hall–Kier alpha value is -3.30. The van der Waals surface area contributed by atoms with E-state index in [9.17, 15) is 26.7 Å².